The molecule has 0 spiro atoms. The number of rotatable bonds is 6. The molecular formula is C23H20N2OS. The maximum absolute atomic E-state index is 12.7. The number of carbonyl (C=O) groups excluding carboxylic acids is 1. The summed E-state index contributed by atoms with van der Waals surface area (Å²) < 4.78 is 1.17. The number of amides is 1. The third-order valence-electron chi connectivity index (χ3n) is 4.48. The van der Waals surface area contributed by atoms with Gasteiger partial charge in [0.2, 0.25) is 5.91 Å². The summed E-state index contributed by atoms with van der Waals surface area (Å²) in [5.41, 5.74) is 3.17. The predicted octanol–water partition coefficient (Wildman–Crippen LogP) is 5.13. The number of nitrogens with one attached hydrogen (secondary N) is 1. The van der Waals surface area contributed by atoms with Gasteiger partial charge in [0.25, 0.3) is 0 Å². The van der Waals surface area contributed by atoms with Crippen molar-refractivity contribution in [2.24, 2.45) is 0 Å². The van der Waals surface area contributed by atoms with E-state index in [0.717, 1.165) is 21.7 Å². The molecule has 0 radical (unpaired) electrons. The van der Waals surface area contributed by atoms with Gasteiger partial charge in [-0.05, 0) is 23.3 Å². The van der Waals surface area contributed by atoms with Crippen molar-refractivity contribution in [1.29, 1.82) is 0 Å². The van der Waals surface area contributed by atoms with Crippen LogP contribution in [0.2, 0.25) is 0 Å². The summed E-state index contributed by atoms with van der Waals surface area (Å²) >= 11 is 1.66. The van der Waals surface area contributed by atoms with Crippen LogP contribution < -0.4 is 5.32 Å². The lowest BCUT2D eigenvalue weighted by Crippen LogP contribution is -2.29. The second-order valence-corrected chi connectivity index (χ2v) is 7.51. The molecule has 0 fully saturated rings. The number of thiazole rings is 1. The van der Waals surface area contributed by atoms with Crippen molar-refractivity contribution in [1.82, 2.24) is 10.3 Å². The Hall–Kier alpha value is -2.98. The smallest absolute Gasteiger partial charge is 0.221 e. The Balaban J connectivity index is 1.47. The first-order valence-corrected chi connectivity index (χ1v) is 9.85. The topological polar surface area (TPSA) is 42.0 Å². The number of carbonyl (C=O) groups is 1. The summed E-state index contributed by atoms with van der Waals surface area (Å²) in [6.07, 6.45) is 1.08. The predicted molar refractivity (Wildman–Crippen MR) is 111 cm³/mol. The van der Waals surface area contributed by atoms with Crippen LogP contribution in [0.1, 0.15) is 28.6 Å². The van der Waals surface area contributed by atoms with E-state index in [4.69, 9.17) is 0 Å². The number of fused-ring (bicyclic) bond motifs is 1. The second-order valence-electron chi connectivity index (χ2n) is 6.40. The summed E-state index contributed by atoms with van der Waals surface area (Å²) in [7, 11) is 0. The Morgan fingerprint density at radius 3 is 2.07 bits per heavy atom. The highest BCUT2D eigenvalue weighted by Gasteiger charge is 2.17. The third-order valence-corrected chi connectivity index (χ3v) is 5.57. The van der Waals surface area contributed by atoms with Gasteiger partial charge in [0.05, 0.1) is 21.3 Å². The first-order chi connectivity index (χ1) is 13.3. The van der Waals surface area contributed by atoms with E-state index in [0.29, 0.717) is 12.8 Å². The van der Waals surface area contributed by atoms with Gasteiger partial charge < -0.3 is 5.32 Å². The molecule has 0 aliphatic heterocycles. The standard InChI is InChI=1S/C23H20N2OS/c26-21(15-16-22-24-19-13-7-8-14-20(19)27-22)25-23(17-9-3-1-4-10-17)18-11-5-2-6-12-18/h1-14,23H,15-16H2,(H,25,26). The van der Waals surface area contributed by atoms with Crippen molar-refractivity contribution in [3.05, 3.63) is 101 Å². The van der Waals surface area contributed by atoms with Gasteiger partial charge in [-0.2, -0.15) is 0 Å². The molecule has 3 aromatic carbocycles. The van der Waals surface area contributed by atoms with E-state index in [1.165, 1.54) is 4.70 Å². The molecule has 0 aliphatic rings. The highest BCUT2D eigenvalue weighted by atomic mass is 32.1. The number of hydrogen-bond acceptors (Lipinski definition) is 3. The Morgan fingerprint density at radius 2 is 1.44 bits per heavy atom. The molecule has 1 heterocycles. The second kappa shape index (κ2) is 8.14. The van der Waals surface area contributed by atoms with E-state index in [-0.39, 0.29) is 11.9 Å². The average molecular weight is 372 g/mol. The van der Waals surface area contributed by atoms with Gasteiger partial charge in [-0.25, -0.2) is 4.98 Å². The molecule has 0 saturated carbocycles. The summed E-state index contributed by atoms with van der Waals surface area (Å²) in [6.45, 7) is 0. The summed E-state index contributed by atoms with van der Waals surface area (Å²) in [4.78, 5) is 17.3. The van der Waals surface area contributed by atoms with Crippen LogP contribution in [0.25, 0.3) is 10.2 Å². The molecule has 27 heavy (non-hydrogen) atoms. The highest BCUT2D eigenvalue weighted by Crippen LogP contribution is 2.24. The third kappa shape index (κ3) is 4.23. The number of benzene rings is 3. The fourth-order valence-electron chi connectivity index (χ4n) is 3.13. The minimum absolute atomic E-state index is 0.0342. The monoisotopic (exact) mass is 372 g/mol. The van der Waals surface area contributed by atoms with Crippen LogP contribution in [0.15, 0.2) is 84.9 Å². The lowest BCUT2D eigenvalue weighted by atomic mass is 9.98. The number of nitrogens with zero attached hydrogens (tertiary/aromatic N) is 1. The van der Waals surface area contributed by atoms with E-state index in [1.54, 1.807) is 11.3 Å². The lowest BCUT2D eigenvalue weighted by molar-refractivity contribution is -0.121. The summed E-state index contributed by atoms with van der Waals surface area (Å²) in [5, 5.41) is 4.19. The molecule has 0 unspecified atom stereocenters. The van der Waals surface area contributed by atoms with Crippen LogP contribution in [-0.2, 0) is 11.2 Å². The number of hydrogen-bond donors (Lipinski definition) is 1. The van der Waals surface area contributed by atoms with E-state index in [1.807, 2.05) is 78.9 Å². The van der Waals surface area contributed by atoms with Crippen LogP contribution in [0.5, 0.6) is 0 Å². The van der Waals surface area contributed by atoms with Crippen molar-refractivity contribution >= 4 is 27.5 Å². The molecule has 3 nitrogen and oxygen atoms in total. The van der Waals surface area contributed by atoms with Crippen LogP contribution >= 0.6 is 11.3 Å². The fourth-order valence-corrected chi connectivity index (χ4v) is 4.10. The van der Waals surface area contributed by atoms with Crippen LogP contribution in [0.3, 0.4) is 0 Å². The molecule has 0 aliphatic carbocycles. The van der Waals surface area contributed by atoms with Gasteiger partial charge in [-0.15, -0.1) is 11.3 Å². The van der Waals surface area contributed by atoms with E-state index < -0.39 is 0 Å². The summed E-state index contributed by atoms with van der Waals surface area (Å²) in [5.74, 6) is 0.0342. The van der Waals surface area contributed by atoms with Crippen molar-refractivity contribution in [3.63, 3.8) is 0 Å². The Kier molecular flexibility index (Phi) is 5.26. The molecular weight excluding hydrogens is 352 g/mol. The molecule has 4 rings (SSSR count). The largest absolute Gasteiger partial charge is 0.345 e. The first-order valence-electron chi connectivity index (χ1n) is 9.03. The lowest BCUT2D eigenvalue weighted by Gasteiger charge is -2.19. The zero-order chi connectivity index (χ0) is 18.5. The number of aromatic nitrogens is 1. The van der Waals surface area contributed by atoms with Crippen LogP contribution in [0, 0.1) is 0 Å². The fraction of sp³-hybridized carbons (Fsp3) is 0.130. The zero-order valence-corrected chi connectivity index (χ0v) is 15.7. The average Bonchev–Trinajstić information content (AvgIpc) is 3.15. The normalized spacial score (nSPS) is 11.0. The minimum Gasteiger partial charge on any atom is -0.345 e. The maximum Gasteiger partial charge on any atom is 0.221 e. The SMILES string of the molecule is O=C(CCc1nc2ccccc2s1)NC(c1ccccc1)c1ccccc1. The Labute approximate surface area is 162 Å². The Bertz CT molecular complexity index is 955. The quantitative estimate of drug-likeness (QED) is 0.509. The molecule has 1 amide bonds. The van der Waals surface area contributed by atoms with Crippen molar-refractivity contribution < 1.29 is 4.79 Å². The molecule has 0 atom stereocenters. The maximum atomic E-state index is 12.7. The van der Waals surface area contributed by atoms with Gasteiger partial charge in [-0.1, -0.05) is 72.8 Å². The van der Waals surface area contributed by atoms with Gasteiger partial charge in [0.1, 0.15) is 0 Å². The van der Waals surface area contributed by atoms with Gasteiger partial charge in [0, 0.05) is 12.8 Å². The van der Waals surface area contributed by atoms with Crippen molar-refractivity contribution in [3.8, 4) is 0 Å². The zero-order valence-electron chi connectivity index (χ0n) is 14.8. The molecule has 4 heteroatoms. The molecule has 1 aromatic heterocycles. The number of para-hydroxylation sites is 1. The van der Waals surface area contributed by atoms with Crippen molar-refractivity contribution in [2.45, 2.75) is 18.9 Å². The van der Waals surface area contributed by atoms with Gasteiger partial charge in [0.15, 0.2) is 0 Å². The minimum atomic E-state index is -0.143. The Morgan fingerprint density at radius 1 is 0.852 bits per heavy atom. The molecule has 1 N–H and O–H groups in total. The van der Waals surface area contributed by atoms with E-state index in [9.17, 15) is 4.79 Å². The van der Waals surface area contributed by atoms with E-state index >= 15 is 0 Å². The van der Waals surface area contributed by atoms with Gasteiger partial charge >= 0.3 is 0 Å². The summed E-state index contributed by atoms with van der Waals surface area (Å²) in [6, 6.07) is 28.1. The molecule has 134 valence electrons. The van der Waals surface area contributed by atoms with Crippen LogP contribution in [-0.4, -0.2) is 10.9 Å². The molecule has 0 saturated heterocycles. The molecule has 0 bridgehead atoms. The highest BCUT2D eigenvalue weighted by molar-refractivity contribution is 7.18. The van der Waals surface area contributed by atoms with Crippen molar-refractivity contribution in [2.75, 3.05) is 0 Å². The van der Waals surface area contributed by atoms with E-state index in [2.05, 4.69) is 16.4 Å². The number of aryl methyl sites for hydroxylation is 1. The van der Waals surface area contributed by atoms with Crippen LogP contribution in [0.4, 0.5) is 0 Å². The first kappa shape index (κ1) is 17.4. The molecule has 4 aromatic rings. The van der Waals surface area contributed by atoms with Gasteiger partial charge in [-0.3, -0.25) is 4.79 Å².